The number of aromatic nitrogens is 4. The van der Waals surface area contributed by atoms with Crippen LogP contribution in [0.2, 0.25) is 0 Å². The molecule has 30 heavy (non-hydrogen) atoms. The number of rotatable bonds is 4. The van der Waals surface area contributed by atoms with Gasteiger partial charge in [0.1, 0.15) is 12.1 Å². The molecule has 0 saturated carbocycles. The van der Waals surface area contributed by atoms with Gasteiger partial charge in [0.15, 0.2) is 5.82 Å². The lowest BCUT2D eigenvalue weighted by atomic mass is 10.2. The normalized spacial score (nSPS) is 23.1. The highest BCUT2D eigenvalue weighted by Crippen LogP contribution is 2.18. The third-order valence-electron chi connectivity index (χ3n) is 5.69. The number of carbonyl (C=O) groups is 1. The fraction of sp³-hybridized carbons (Fsp3) is 0.619. The van der Waals surface area contributed by atoms with E-state index < -0.39 is 0 Å². The Balaban J connectivity index is 1.34. The van der Waals surface area contributed by atoms with Crippen LogP contribution >= 0.6 is 0 Å². The number of hydrogen-bond donors (Lipinski definition) is 0. The van der Waals surface area contributed by atoms with Gasteiger partial charge in [-0.25, -0.2) is 14.6 Å². The second-order valence-corrected chi connectivity index (χ2v) is 8.39. The van der Waals surface area contributed by atoms with E-state index in [4.69, 9.17) is 4.74 Å². The molecule has 162 valence electrons. The summed E-state index contributed by atoms with van der Waals surface area (Å²) in [4.78, 5) is 28.0. The van der Waals surface area contributed by atoms with E-state index in [1.54, 1.807) is 6.33 Å². The average molecular weight is 414 g/mol. The molecule has 0 aromatic carbocycles. The Bertz CT molecular complexity index is 881. The van der Waals surface area contributed by atoms with Crippen molar-refractivity contribution in [2.75, 3.05) is 50.7 Å². The van der Waals surface area contributed by atoms with E-state index in [-0.39, 0.29) is 18.1 Å². The fourth-order valence-electron chi connectivity index (χ4n) is 4.29. The minimum Gasteiger partial charge on any atom is -0.372 e. The van der Waals surface area contributed by atoms with Gasteiger partial charge < -0.3 is 14.5 Å². The molecule has 0 N–H and O–H groups in total. The van der Waals surface area contributed by atoms with E-state index in [9.17, 15) is 4.79 Å². The van der Waals surface area contributed by atoms with Gasteiger partial charge in [0.25, 0.3) is 0 Å². The Hall–Kier alpha value is -2.52. The monoisotopic (exact) mass is 413 g/mol. The number of anilines is 1. The molecule has 0 spiro atoms. The van der Waals surface area contributed by atoms with E-state index in [1.165, 1.54) is 0 Å². The zero-order chi connectivity index (χ0) is 21.3. The number of carbonyl (C=O) groups excluding carboxylic acids is 1. The Labute approximate surface area is 177 Å². The number of nitrogens with zero attached hydrogens (tertiary/aromatic N) is 7. The topological polar surface area (TPSA) is 79.6 Å². The van der Waals surface area contributed by atoms with Crippen LogP contribution in [0, 0.1) is 13.8 Å². The van der Waals surface area contributed by atoms with Crippen LogP contribution in [0.15, 0.2) is 18.5 Å². The van der Waals surface area contributed by atoms with Gasteiger partial charge in [0, 0.05) is 51.0 Å². The van der Waals surface area contributed by atoms with Crippen LogP contribution in [-0.4, -0.2) is 93.5 Å². The summed E-state index contributed by atoms with van der Waals surface area (Å²) in [6.45, 7) is 13.2. The predicted octanol–water partition coefficient (Wildman–Crippen LogP) is 1.04. The molecule has 2 aromatic rings. The molecule has 0 radical (unpaired) electrons. The van der Waals surface area contributed by atoms with Crippen LogP contribution in [0.3, 0.4) is 0 Å². The van der Waals surface area contributed by atoms with Gasteiger partial charge in [-0.3, -0.25) is 9.69 Å². The molecular weight excluding hydrogens is 382 g/mol. The molecular formula is C21H31N7O2. The van der Waals surface area contributed by atoms with Crippen molar-refractivity contribution in [3.63, 3.8) is 0 Å². The van der Waals surface area contributed by atoms with Crippen molar-refractivity contribution in [2.45, 2.75) is 39.9 Å². The first kappa shape index (κ1) is 20.7. The van der Waals surface area contributed by atoms with Gasteiger partial charge >= 0.3 is 0 Å². The maximum absolute atomic E-state index is 12.7. The molecule has 9 nitrogen and oxygen atoms in total. The molecule has 0 bridgehead atoms. The first-order valence-electron chi connectivity index (χ1n) is 10.7. The summed E-state index contributed by atoms with van der Waals surface area (Å²) in [5.41, 5.74) is 2.02. The number of hydrogen-bond acceptors (Lipinski definition) is 7. The highest BCUT2D eigenvalue weighted by Gasteiger charge is 2.28. The van der Waals surface area contributed by atoms with Crippen molar-refractivity contribution in [3.05, 3.63) is 29.8 Å². The lowest BCUT2D eigenvalue weighted by molar-refractivity contribution is -0.144. The Morgan fingerprint density at radius 1 is 1.03 bits per heavy atom. The highest BCUT2D eigenvalue weighted by molar-refractivity contribution is 5.78. The second-order valence-electron chi connectivity index (χ2n) is 8.39. The molecule has 2 aromatic heterocycles. The van der Waals surface area contributed by atoms with E-state index in [0.717, 1.165) is 49.2 Å². The van der Waals surface area contributed by atoms with Gasteiger partial charge in [0.05, 0.1) is 24.4 Å². The van der Waals surface area contributed by atoms with Gasteiger partial charge in [0.2, 0.25) is 5.91 Å². The Morgan fingerprint density at radius 2 is 1.70 bits per heavy atom. The molecule has 1 amide bonds. The van der Waals surface area contributed by atoms with Crippen molar-refractivity contribution in [1.29, 1.82) is 0 Å². The van der Waals surface area contributed by atoms with Crippen molar-refractivity contribution in [1.82, 2.24) is 29.5 Å². The summed E-state index contributed by atoms with van der Waals surface area (Å²) in [6.07, 6.45) is 1.80. The maximum atomic E-state index is 12.7. The summed E-state index contributed by atoms with van der Waals surface area (Å²) in [5, 5.41) is 4.52. The first-order chi connectivity index (χ1) is 14.4. The number of piperazine rings is 1. The summed E-state index contributed by atoms with van der Waals surface area (Å²) in [6, 6.07) is 4.02. The number of ether oxygens (including phenoxy) is 1. The minimum atomic E-state index is 0.101. The molecule has 0 aliphatic carbocycles. The van der Waals surface area contributed by atoms with Crippen molar-refractivity contribution in [2.24, 2.45) is 0 Å². The second kappa shape index (κ2) is 8.69. The lowest BCUT2D eigenvalue weighted by Crippen LogP contribution is -2.54. The SMILES string of the molecule is Cc1cc(C)n(-c2cc(N3CCN(CC(=O)N4CC(C)OC(C)C4)CC3)ncn2)n1. The van der Waals surface area contributed by atoms with E-state index in [0.29, 0.717) is 19.6 Å². The standard InChI is InChI=1S/C21H31N7O2/c1-15-9-16(2)28(24-15)20-10-19(22-14-23-20)26-7-5-25(6-8-26)13-21(29)27-11-17(3)30-18(4)12-27/h9-10,14,17-18H,5-8,11-13H2,1-4H3. The van der Waals surface area contributed by atoms with Crippen molar-refractivity contribution in [3.8, 4) is 5.82 Å². The lowest BCUT2D eigenvalue weighted by Gasteiger charge is -2.38. The summed E-state index contributed by atoms with van der Waals surface area (Å²) >= 11 is 0. The van der Waals surface area contributed by atoms with E-state index >= 15 is 0 Å². The summed E-state index contributed by atoms with van der Waals surface area (Å²) in [5.74, 6) is 1.87. The first-order valence-corrected chi connectivity index (χ1v) is 10.7. The van der Waals surface area contributed by atoms with Gasteiger partial charge in [-0.1, -0.05) is 0 Å². The number of morpholine rings is 1. The average Bonchev–Trinajstić information content (AvgIpc) is 3.06. The number of aryl methyl sites for hydroxylation is 2. The predicted molar refractivity (Wildman–Crippen MR) is 114 cm³/mol. The molecule has 2 atom stereocenters. The Morgan fingerprint density at radius 3 is 2.33 bits per heavy atom. The quantitative estimate of drug-likeness (QED) is 0.741. The molecule has 2 saturated heterocycles. The molecule has 2 aliphatic heterocycles. The zero-order valence-corrected chi connectivity index (χ0v) is 18.3. The van der Waals surface area contributed by atoms with Gasteiger partial charge in [-0.15, -0.1) is 0 Å². The van der Waals surface area contributed by atoms with Crippen LogP contribution in [0.25, 0.3) is 5.82 Å². The van der Waals surface area contributed by atoms with Gasteiger partial charge in [-0.05, 0) is 33.8 Å². The van der Waals surface area contributed by atoms with Crippen LogP contribution in [0.5, 0.6) is 0 Å². The van der Waals surface area contributed by atoms with Crippen molar-refractivity contribution >= 4 is 11.7 Å². The Kier molecular flexibility index (Phi) is 6.01. The zero-order valence-electron chi connectivity index (χ0n) is 18.3. The van der Waals surface area contributed by atoms with Crippen LogP contribution < -0.4 is 4.90 Å². The molecule has 2 aliphatic rings. The van der Waals surface area contributed by atoms with Gasteiger partial charge in [-0.2, -0.15) is 5.10 Å². The molecule has 2 fully saturated rings. The molecule has 4 heterocycles. The largest absolute Gasteiger partial charge is 0.372 e. The van der Waals surface area contributed by atoms with Crippen LogP contribution in [0.4, 0.5) is 5.82 Å². The minimum absolute atomic E-state index is 0.101. The maximum Gasteiger partial charge on any atom is 0.236 e. The highest BCUT2D eigenvalue weighted by atomic mass is 16.5. The van der Waals surface area contributed by atoms with E-state index in [2.05, 4.69) is 24.9 Å². The molecule has 9 heteroatoms. The fourth-order valence-corrected chi connectivity index (χ4v) is 4.29. The van der Waals surface area contributed by atoms with Crippen LogP contribution in [0.1, 0.15) is 25.2 Å². The molecule has 2 unspecified atom stereocenters. The summed E-state index contributed by atoms with van der Waals surface area (Å²) in [7, 11) is 0. The third kappa shape index (κ3) is 4.62. The van der Waals surface area contributed by atoms with Crippen LogP contribution in [-0.2, 0) is 9.53 Å². The number of amides is 1. The molecule has 4 rings (SSSR count). The third-order valence-corrected chi connectivity index (χ3v) is 5.69. The van der Waals surface area contributed by atoms with E-state index in [1.807, 2.05) is 49.4 Å². The smallest absolute Gasteiger partial charge is 0.236 e. The summed E-state index contributed by atoms with van der Waals surface area (Å²) < 4.78 is 7.58. The van der Waals surface area contributed by atoms with Crippen molar-refractivity contribution < 1.29 is 9.53 Å².